The van der Waals surface area contributed by atoms with Gasteiger partial charge in [0.1, 0.15) is 11.6 Å². The Bertz CT molecular complexity index is 1020. The molecule has 0 aliphatic carbocycles. The molecule has 0 unspecified atom stereocenters. The van der Waals surface area contributed by atoms with Gasteiger partial charge in [0.2, 0.25) is 0 Å². The minimum Gasteiger partial charge on any atom is -0.382 e. The minimum atomic E-state index is 0. The van der Waals surface area contributed by atoms with E-state index in [2.05, 4.69) is 49.2 Å². The van der Waals surface area contributed by atoms with E-state index in [1.54, 1.807) is 24.8 Å². The second-order valence-corrected chi connectivity index (χ2v) is 6.78. The number of hydrogen-bond acceptors (Lipinski definition) is 6. The van der Waals surface area contributed by atoms with Gasteiger partial charge in [-0.05, 0) is 70.8 Å². The van der Waals surface area contributed by atoms with Crippen LogP contribution in [-0.2, 0) is 20.1 Å². The molecule has 1 aliphatic heterocycles. The van der Waals surface area contributed by atoms with E-state index in [1.807, 2.05) is 48.8 Å². The van der Waals surface area contributed by atoms with Gasteiger partial charge in [0.05, 0.1) is 0 Å². The zero-order valence-electron chi connectivity index (χ0n) is 16.1. The summed E-state index contributed by atoms with van der Waals surface area (Å²) in [6.45, 7) is 1.71. The molecule has 6 nitrogen and oxygen atoms in total. The zero-order valence-corrected chi connectivity index (χ0v) is 18.5. The molecule has 0 aromatic carbocycles. The average molecular weight is 569 g/mol. The molecule has 0 spiro atoms. The number of hydrogen-bond donors (Lipinski definition) is 0. The average Bonchev–Trinajstić information content (AvgIpc) is 3.31. The van der Waals surface area contributed by atoms with Crippen LogP contribution < -0.4 is 9.62 Å². The van der Waals surface area contributed by atoms with Gasteiger partial charge >= 0.3 is 7.55 Å². The van der Waals surface area contributed by atoms with Crippen molar-refractivity contribution in [1.82, 2.24) is 19.9 Å². The molecular formula is C22H18BIrN6. The van der Waals surface area contributed by atoms with Gasteiger partial charge in [-0.3, -0.25) is 9.97 Å². The van der Waals surface area contributed by atoms with Gasteiger partial charge < -0.3 is 9.62 Å². The first kappa shape index (κ1) is 20.2. The quantitative estimate of drug-likeness (QED) is 0.351. The summed E-state index contributed by atoms with van der Waals surface area (Å²) in [6.07, 6.45) is 10.9. The normalized spacial score (nSPS) is 12.9. The summed E-state index contributed by atoms with van der Waals surface area (Å²) in [7, 11) is 2.08. The Kier molecular flexibility index (Phi) is 6.16. The molecule has 5 rings (SSSR count). The van der Waals surface area contributed by atoms with E-state index in [4.69, 9.17) is 0 Å². The molecule has 0 atom stereocenters. The molecule has 5 heterocycles. The van der Waals surface area contributed by atoms with Crippen molar-refractivity contribution in [1.29, 1.82) is 0 Å². The molecule has 4 aromatic heterocycles. The standard InChI is InChI=1S/C22H18BN6.Ir/c1-7-24-8-2-17(1)19-5-11-26-21(15-19)28-13-14-29(23-28)22-16-20(6-12-27-22)18-3-9-25-10-4-18;/h1-12,15-16H,13-14H2;. The molecule has 1 aliphatic rings. The van der Waals surface area contributed by atoms with Crippen LogP contribution in [0.25, 0.3) is 22.3 Å². The predicted octanol–water partition coefficient (Wildman–Crippen LogP) is 3.46. The van der Waals surface area contributed by atoms with Crippen molar-refractivity contribution in [2.45, 2.75) is 0 Å². The van der Waals surface area contributed by atoms with Gasteiger partial charge in [-0.25, -0.2) is 9.97 Å². The van der Waals surface area contributed by atoms with Crippen molar-refractivity contribution in [2.24, 2.45) is 0 Å². The van der Waals surface area contributed by atoms with E-state index >= 15 is 0 Å². The molecule has 0 saturated carbocycles. The number of rotatable bonds is 4. The third-order valence-electron chi connectivity index (χ3n) is 4.97. The van der Waals surface area contributed by atoms with Crippen LogP contribution in [0.4, 0.5) is 11.6 Å². The second kappa shape index (κ2) is 9.16. The fourth-order valence-electron chi connectivity index (χ4n) is 3.45. The fourth-order valence-corrected chi connectivity index (χ4v) is 3.45. The van der Waals surface area contributed by atoms with Gasteiger partial charge in [-0.1, -0.05) is 0 Å². The van der Waals surface area contributed by atoms with Crippen LogP contribution >= 0.6 is 0 Å². The van der Waals surface area contributed by atoms with Crippen molar-refractivity contribution in [3.63, 3.8) is 0 Å². The van der Waals surface area contributed by atoms with Crippen LogP contribution in [0.1, 0.15) is 0 Å². The van der Waals surface area contributed by atoms with Crippen LogP contribution in [0.5, 0.6) is 0 Å². The molecule has 1 saturated heterocycles. The first-order chi connectivity index (χ1) is 14.4. The van der Waals surface area contributed by atoms with Gasteiger partial charge in [0.25, 0.3) is 0 Å². The van der Waals surface area contributed by atoms with Crippen molar-refractivity contribution < 1.29 is 20.1 Å². The Balaban J connectivity index is 0.00000218. The maximum atomic E-state index is 4.57. The summed E-state index contributed by atoms with van der Waals surface area (Å²) >= 11 is 0. The molecule has 0 amide bonds. The summed E-state index contributed by atoms with van der Waals surface area (Å²) in [4.78, 5) is 21.6. The van der Waals surface area contributed by atoms with Crippen LogP contribution in [0, 0.1) is 0 Å². The molecule has 148 valence electrons. The van der Waals surface area contributed by atoms with E-state index in [1.165, 1.54) is 0 Å². The van der Waals surface area contributed by atoms with Crippen LogP contribution in [0.3, 0.4) is 0 Å². The third-order valence-corrected chi connectivity index (χ3v) is 4.97. The van der Waals surface area contributed by atoms with E-state index in [-0.39, 0.29) is 20.1 Å². The Morgan fingerprint density at radius 2 is 0.967 bits per heavy atom. The van der Waals surface area contributed by atoms with Crippen molar-refractivity contribution in [2.75, 3.05) is 22.7 Å². The van der Waals surface area contributed by atoms with E-state index < -0.39 is 0 Å². The number of anilines is 2. The molecular weight excluding hydrogens is 551 g/mol. The molecule has 0 N–H and O–H groups in total. The minimum absolute atomic E-state index is 0. The summed E-state index contributed by atoms with van der Waals surface area (Å²) in [6, 6.07) is 16.3. The van der Waals surface area contributed by atoms with Crippen molar-refractivity contribution >= 4 is 19.2 Å². The third kappa shape index (κ3) is 4.25. The Labute approximate surface area is 189 Å². The summed E-state index contributed by atoms with van der Waals surface area (Å²) in [5.41, 5.74) is 4.52. The monoisotopic (exact) mass is 570 g/mol. The zero-order chi connectivity index (χ0) is 19.5. The number of nitrogens with zero attached hydrogens (tertiary/aromatic N) is 6. The topological polar surface area (TPSA) is 58.0 Å². The SMILES string of the molecule is [B]1N(c2cc(-c3ccncc3)ccn2)CCN1c1cc(-c2ccncc2)ccn1.[Ir]. The van der Waals surface area contributed by atoms with E-state index in [0.717, 1.165) is 47.0 Å². The van der Waals surface area contributed by atoms with Crippen LogP contribution in [0.15, 0.2) is 85.7 Å². The number of pyridine rings is 4. The molecule has 1 fully saturated rings. The number of aromatic nitrogens is 4. The van der Waals surface area contributed by atoms with Crippen LogP contribution in [-0.4, -0.2) is 40.6 Å². The van der Waals surface area contributed by atoms with Gasteiger partial charge in [-0.15, -0.1) is 0 Å². The fraction of sp³-hybridized carbons (Fsp3) is 0.0909. The summed E-state index contributed by atoms with van der Waals surface area (Å²) < 4.78 is 0. The van der Waals surface area contributed by atoms with Gasteiger partial charge in [0.15, 0.2) is 0 Å². The smallest absolute Gasteiger partial charge is 0.382 e. The maximum Gasteiger partial charge on any atom is 0.394 e. The first-order valence-electron chi connectivity index (χ1n) is 9.48. The van der Waals surface area contributed by atoms with Crippen molar-refractivity contribution in [3.05, 3.63) is 85.7 Å². The molecule has 2 radical (unpaired) electrons. The summed E-state index contributed by atoms with van der Waals surface area (Å²) in [5.74, 6) is 1.85. The van der Waals surface area contributed by atoms with Gasteiger partial charge in [0, 0.05) is 70.4 Å². The molecule has 8 heteroatoms. The first-order valence-corrected chi connectivity index (χ1v) is 9.48. The predicted molar refractivity (Wildman–Crippen MR) is 115 cm³/mol. The van der Waals surface area contributed by atoms with Crippen LogP contribution in [0.2, 0.25) is 0 Å². The Morgan fingerprint density at radius 3 is 1.40 bits per heavy atom. The molecule has 0 bridgehead atoms. The van der Waals surface area contributed by atoms with Gasteiger partial charge in [-0.2, -0.15) is 0 Å². The maximum absolute atomic E-state index is 4.57. The Hall–Kier alpha value is -3.09. The largest absolute Gasteiger partial charge is 0.394 e. The van der Waals surface area contributed by atoms with Crippen molar-refractivity contribution in [3.8, 4) is 22.3 Å². The second-order valence-electron chi connectivity index (χ2n) is 6.78. The Morgan fingerprint density at radius 1 is 0.567 bits per heavy atom. The van der Waals surface area contributed by atoms with E-state index in [0.29, 0.717) is 0 Å². The van der Waals surface area contributed by atoms with E-state index in [9.17, 15) is 0 Å². The summed E-state index contributed by atoms with van der Waals surface area (Å²) in [5, 5.41) is 0. The molecule has 30 heavy (non-hydrogen) atoms. The molecule has 4 aromatic rings.